The third kappa shape index (κ3) is 3.21. The highest BCUT2D eigenvalue weighted by Crippen LogP contribution is 2.28. The SMILES string of the molecule is C1=C(c2cccnc2SCc2ccccc2)NOCC1. The molecule has 0 fully saturated rings. The fraction of sp³-hybridized carbons (Fsp3) is 0.188. The molecule has 0 radical (unpaired) electrons. The van der Waals surface area contributed by atoms with Crippen molar-refractivity contribution < 1.29 is 4.84 Å². The van der Waals surface area contributed by atoms with Crippen LogP contribution in [0.25, 0.3) is 5.70 Å². The number of pyridine rings is 1. The Kier molecular flexibility index (Phi) is 4.35. The van der Waals surface area contributed by atoms with Crippen LogP contribution in [0.5, 0.6) is 0 Å². The second-order valence-corrected chi connectivity index (χ2v) is 5.45. The topological polar surface area (TPSA) is 34.2 Å². The Morgan fingerprint density at radius 3 is 2.85 bits per heavy atom. The Morgan fingerprint density at radius 2 is 2.05 bits per heavy atom. The lowest BCUT2D eigenvalue weighted by molar-refractivity contribution is 0.0739. The van der Waals surface area contributed by atoms with Gasteiger partial charge in [0, 0.05) is 17.5 Å². The van der Waals surface area contributed by atoms with Crippen LogP contribution in [0.1, 0.15) is 17.5 Å². The van der Waals surface area contributed by atoms with Gasteiger partial charge in [-0.25, -0.2) is 4.98 Å². The molecule has 102 valence electrons. The molecule has 0 aliphatic carbocycles. The largest absolute Gasteiger partial charge is 0.276 e. The summed E-state index contributed by atoms with van der Waals surface area (Å²) in [5.41, 5.74) is 6.40. The van der Waals surface area contributed by atoms with E-state index in [1.807, 2.05) is 18.3 Å². The molecule has 0 saturated heterocycles. The van der Waals surface area contributed by atoms with Crippen LogP contribution in [0.2, 0.25) is 0 Å². The van der Waals surface area contributed by atoms with Crippen LogP contribution in [0.15, 0.2) is 59.8 Å². The first kappa shape index (κ1) is 13.2. The lowest BCUT2D eigenvalue weighted by Crippen LogP contribution is -2.18. The van der Waals surface area contributed by atoms with Crippen LogP contribution in [0.3, 0.4) is 0 Å². The van der Waals surface area contributed by atoms with Gasteiger partial charge in [-0.3, -0.25) is 10.3 Å². The molecule has 1 aliphatic rings. The first-order chi connectivity index (χ1) is 9.93. The van der Waals surface area contributed by atoms with Crippen LogP contribution in [0.4, 0.5) is 0 Å². The van der Waals surface area contributed by atoms with Gasteiger partial charge < -0.3 is 0 Å². The monoisotopic (exact) mass is 284 g/mol. The molecule has 1 aliphatic heterocycles. The minimum atomic E-state index is 0.719. The lowest BCUT2D eigenvalue weighted by atomic mass is 10.2. The van der Waals surface area contributed by atoms with Crippen molar-refractivity contribution in [3.8, 4) is 0 Å². The van der Waals surface area contributed by atoms with E-state index in [1.165, 1.54) is 5.56 Å². The third-order valence-electron chi connectivity index (χ3n) is 3.03. The number of nitrogens with one attached hydrogen (secondary N) is 1. The average molecular weight is 284 g/mol. The number of nitrogens with zero attached hydrogens (tertiary/aromatic N) is 1. The predicted molar refractivity (Wildman–Crippen MR) is 81.9 cm³/mol. The van der Waals surface area contributed by atoms with Crippen molar-refractivity contribution in [2.45, 2.75) is 17.2 Å². The summed E-state index contributed by atoms with van der Waals surface area (Å²) in [5.74, 6) is 0.916. The molecule has 0 saturated carbocycles. The van der Waals surface area contributed by atoms with Crippen molar-refractivity contribution in [2.24, 2.45) is 0 Å². The Labute approximate surface area is 123 Å². The fourth-order valence-electron chi connectivity index (χ4n) is 2.03. The molecule has 1 aromatic heterocycles. The lowest BCUT2D eigenvalue weighted by Gasteiger charge is -2.17. The Morgan fingerprint density at radius 1 is 1.15 bits per heavy atom. The van der Waals surface area contributed by atoms with Gasteiger partial charge in [0.25, 0.3) is 0 Å². The second kappa shape index (κ2) is 6.59. The minimum absolute atomic E-state index is 0.719. The summed E-state index contributed by atoms with van der Waals surface area (Å²) in [5, 5.41) is 1.03. The van der Waals surface area contributed by atoms with Gasteiger partial charge in [0.15, 0.2) is 0 Å². The molecule has 0 atom stereocenters. The first-order valence-corrected chi connectivity index (χ1v) is 7.62. The molecular formula is C16H16N2OS. The van der Waals surface area contributed by atoms with E-state index in [4.69, 9.17) is 4.84 Å². The van der Waals surface area contributed by atoms with Crippen LogP contribution < -0.4 is 5.48 Å². The Balaban J connectivity index is 1.78. The molecule has 0 bridgehead atoms. The number of rotatable bonds is 4. The molecule has 20 heavy (non-hydrogen) atoms. The zero-order valence-electron chi connectivity index (χ0n) is 11.1. The van der Waals surface area contributed by atoms with Crippen LogP contribution in [-0.4, -0.2) is 11.6 Å². The van der Waals surface area contributed by atoms with Gasteiger partial charge in [-0.1, -0.05) is 36.4 Å². The van der Waals surface area contributed by atoms with Crippen molar-refractivity contribution in [3.63, 3.8) is 0 Å². The normalized spacial score (nSPS) is 14.5. The number of hydrogen-bond acceptors (Lipinski definition) is 4. The quantitative estimate of drug-likeness (QED) is 0.869. The van der Waals surface area contributed by atoms with Gasteiger partial charge in [0.1, 0.15) is 5.03 Å². The molecular weight excluding hydrogens is 268 g/mol. The molecule has 3 nitrogen and oxygen atoms in total. The van der Waals surface area contributed by atoms with Crippen molar-refractivity contribution in [2.75, 3.05) is 6.61 Å². The summed E-state index contributed by atoms with van der Waals surface area (Å²) in [6.45, 7) is 0.719. The fourth-order valence-corrected chi connectivity index (χ4v) is 3.00. The maximum Gasteiger partial charge on any atom is 0.106 e. The minimum Gasteiger partial charge on any atom is -0.276 e. The van der Waals surface area contributed by atoms with Crippen LogP contribution in [0, 0.1) is 0 Å². The molecule has 3 rings (SSSR count). The summed E-state index contributed by atoms with van der Waals surface area (Å²) in [6.07, 6.45) is 4.92. The van der Waals surface area contributed by atoms with Crippen molar-refractivity contribution in [3.05, 3.63) is 65.9 Å². The first-order valence-electron chi connectivity index (χ1n) is 6.63. The zero-order valence-corrected chi connectivity index (χ0v) is 11.9. The zero-order chi connectivity index (χ0) is 13.6. The molecule has 0 amide bonds. The number of hydroxylamine groups is 1. The highest BCUT2D eigenvalue weighted by atomic mass is 32.2. The molecule has 0 spiro atoms. The molecule has 0 unspecified atom stereocenters. The van der Waals surface area contributed by atoms with E-state index in [9.17, 15) is 0 Å². The van der Waals surface area contributed by atoms with Crippen LogP contribution >= 0.6 is 11.8 Å². The number of benzene rings is 1. The number of aromatic nitrogens is 1. The van der Waals surface area contributed by atoms with E-state index in [1.54, 1.807) is 11.8 Å². The van der Waals surface area contributed by atoms with Gasteiger partial charge >= 0.3 is 0 Å². The van der Waals surface area contributed by atoms with E-state index in [0.29, 0.717) is 0 Å². The van der Waals surface area contributed by atoms with Crippen molar-refractivity contribution >= 4 is 17.5 Å². The van der Waals surface area contributed by atoms with E-state index >= 15 is 0 Å². The standard InChI is InChI=1S/C16H16N2OS/c1-2-6-13(7-3-1)12-20-16-14(8-4-10-17-16)15-9-5-11-19-18-15/h1-4,6-10,18H,5,11-12H2. The van der Waals surface area contributed by atoms with E-state index in [2.05, 4.69) is 46.9 Å². The maximum absolute atomic E-state index is 5.30. The summed E-state index contributed by atoms with van der Waals surface area (Å²) < 4.78 is 0. The van der Waals surface area contributed by atoms with Crippen molar-refractivity contribution in [1.82, 2.24) is 10.5 Å². The van der Waals surface area contributed by atoms with Gasteiger partial charge in [0.05, 0.1) is 12.3 Å². The van der Waals surface area contributed by atoms with E-state index in [0.717, 1.165) is 35.1 Å². The highest BCUT2D eigenvalue weighted by Gasteiger charge is 2.11. The summed E-state index contributed by atoms with van der Waals surface area (Å²) in [7, 11) is 0. The third-order valence-corrected chi connectivity index (χ3v) is 4.11. The Bertz CT molecular complexity index is 598. The maximum atomic E-state index is 5.30. The smallest absolute Gasteiger partial charge is 0.106 e. The average Bonchev–Trinajstić information content (AvgIpc) is 2.55. The second-order valence-electron chi connectivity index (χ2n) is 4.49. The molecule has 4 heteroatoms. The van der Waals surface area contributed by atoms with Gasteiger partial charge in [-0.2, -0.15) is 0 Å². The van der Waals surface area contributed by atoms with Gasteiger partial charge in [-0.15, -0.1) is 11.8 Å². The van der Waals surface area contributed by atoms with Gasteiger partial charge in [0.2, 0.25) is 0 Å². The van der Waals surface area contributed by atoms with E-state index in [-0.39, 0.29) is 0 Å². The van der Waals surface area contributed by atoms with Crippen molar-refractivity contribution in [1.29, 1.82) is 0 Å². The molecule has 1 N–H and O–H groups in total. The highest BCUT2D eigenvalue weighted by molar-refractivity contribution is 7.98. The number of hydrogen-bond donors (Lipinski definition) is 1. The molecule has 2 aromatic rings. The molecule has 2 heterocycles. The number of thioether (sulfide) groups is 1. The summed E-state index contributed by atoms with van der Waals surface area (Å²) >= 11 is 1.75. The summed E-state index contributed by atoms with van der Waals surface area (Å²) in [4.78, 5) is 9.79. The Hall–Kier alpha value is -1.78. The van der Waals surface area contributed by atoms with E-state index < -0.39 is 0 Å². The predicted octanol–water partition coefficient (Wildman–Crippen LogP) is 3.64. The van der Waals surface area contributed by atoms with Crippen LogP contribution in [-0.2, 0) is 10.6 Å². The van der Waals surface area contributed by atoms with Gasteiger partial charge in [-0.05, 0) is 24.1 Å². The summed E-state index contributed by atoms with van der Waals surface area (Å²) in [6, 6.07) is 14.5. The molecule has 1 aromatic carbocycles.